The molecule has 0 fully saturated rings. The van der Waals surface area contributed by atoms with Gasteiger partial charge in [-0.25, -0.2) is 0 Å². The fourth-order valence-electron chi connectivity index (χ4n) is 4.82. The minimum absolute atomic E-state index is 0.212. The van der Waals surface area contributed by atoms with Gasteiger partial charge in [0.2, 0.25) is 0 Å². The van der Waals surface area contributed by atoms with Crippen LogP contribution in [0.15, 0.2) is 77.7 Å². The number of anilines is 2. The van der Waals surface area contributed by atoms with E-state index in [1.165, 1.54) is 16.5 Å². The van der Waals surface area contributed by atoms with Gasteiger partial charge in [-0.15, -0.1) is 0 Å². The van der Waals surface area contributed by atoms with E-state index in [2.05, 4.69) is 26.6 Å². The van der Waals surface area contributed by atoms with Crippen molar-refractivity contribution in [3.05, 3.63) is 88.9 Å². The van der Waals surface area contributed by atoms with E-state index in [1.54, 1.807) is 13.3 Å². The van der Waals surface area contributed by atoms with Gasteiger partial charge in [0.25, 0.3) is 5.56 Å². The molecule has 0 saturated heterocycles. The zero-order valence-corrected chi connectivity index (χ0v) is 19.9. The molecule has 0 atom stereocenters. The molecule has 180 valence electrons. The Balaban J connectivity index is 1.65. The average Bonchev–Trinajstić information content (AvgIpc) is 3.58. The van der Waals surface area contributed by atoms with Gasteiger partial charge >= 0.3 is 0 Å². The van der Waals surface area contributed by atoms with E-state index >= 15 is 0 Å². The quantitative estimate of drug-likeness (QED) is 0.287. The fourth-order valence-corrected chi connectivity index (χ4v) is 4.82. The largest absolute Gasteiger partial charge is 0.497 e. The Morgan fingerprint density at radius 3 is 2.50 bits per heavy atom. The van der Waals surface area contributed by atoms with Gasteiger partial charge in [-0.1, -0.05) is 48.5 Å². The van der Waals surface area contributed by atoms with Gasteiger partial charge in [0, 0.05) is 17.2 Å². The number of rotatable bonds is 6. The number of methoxy groups -OCH3 is 1. The first-order valence-electron chi connectivity index (χ1n) is 12.1. The number of aromatic nitrogens is 5. The van der Waals surface area contributed by atoms with Crippen molar-refractivity contribution in [2.24, 2.45) is 0 Å². The summed E-state index contributed by atoms with van der Waals surface area (Å²) in [5.74, 6) is 1.96. The summed E-state index contributed by atoms with van der Waals surface area (Å²) in [6, 6.07) is 19.3. The molecule has 0 bridgehead atoms. The van der Waals surface area contributed by atoms with E-state index in [9.17, 15) is 4.79 Å². The second-order valence-electron chi connectivity index (χ2n) is 8.83. The van der Waals surface area contributed by atoms with E-state index in [0.29, 0.717) is 22.8 Å². The molecule has 3 aromatic heterocycles. The van der Waals surface area contributed by atoms with Crippen molar-refractivity contribution in [3.8, 4) is 28.1 Å². The van der Waals surface area contributed by atoms with Crippen molar-refractivity contribution in [1.82, 2.24) is 24.8 Å². The first-order chi connectivity index (χ1) is 17.7. The van der Waals surface area contributed by atoms with Crippen LogP contribution in [0.1, 0.15) is 31.2 Å². The van der Waals surface area contributed by atoms with Gasteiger partial charge in [0.1, 0.15) is 28.7 Å². The fraction of sp³-hybridized carbons (Fsp3) is 0.179. The molecule has 5 aromatic rings. The maximum atomic E-state index is 14.1. The summed E-state index contributed by atoms with van der Waals surface area (Å²) >= 11 is 0. The Kier molecular flexibility index (Phi) is 5.61. The third-order valence-corrected chi connectivity index (χ3v) is 6.58. The van der Waals surface area contributed by atoms with Crippen LogP contribution in [0.2, 0.25) is 0 Å². The molecule has 0 spiro atoms. The van der Waals surface area contributed by atoms with Crippen LogP contribution in [0.25, 0.3) is 33.6 Å². The van der Waals surface area contributed by atoms with Crippen LogP contribution in [0.4, 0.5) is 11.6 Å². The molecule has 1 aliphatic carbocycles. The lowest BCUT2D eigenvalue weighted by molar-refractivity contribution is 0.415. The summed E-state index contributed by atoms with van der Waals surface area (Å²) in [5.41, 5.74) is 5.66. The summed E-state index contributed by atoms with van der Waals surface area (Å²) in [6.07, 6.45) is 8.21. The maximum Gasteiger partial charge on any atom is 0.284 e. The van der Waals surface area contributed by atoms with E-state index in [4.69, 9.17) is 9.84 Å². The third-order valence-electron chi connectivity index (χ3n) is 6.58. The summed E-state index contributed by atoms with van der Waals surface area (Å²) < 4.78 is 6.82. The van der Waals surface area contributed by atoms with E-state index in [1.807, 2.05) is 60.7 Å². The molecule has 0 radical (unpaired) electrons. The highest BCUT2D eigenvalue weighted by Gasteiger charge is 2.24. The molecule has 3 heterocycles. The van der Waals surface area contributed by atoms with Crippen LogP contribution in [0, 0.1) is 0 Å². The molecular formula is C28H26N6O2. The van der Waals surface area contributed by atoms with Crippen molar-refractivity contribution in [2.45, 2.75) is 25.7 Å². The van der Waals surface area contributed by atoms with Gasteiger partial charge in [-0.2, -0.15) is 14.7 Å². The molecule has 2 aromatic carbocycles. The van der Waals surface area contributed by atoms with Crippen LogP contribution in [0.5, 0.6) is 5.75 Å². The minimum atomic E-state index is -0.212. The van der Waals surface area contributed by atoms with E-state index in [-0.39, 0.29) is 5.56 Å². The molecule has 0 saturated carbocycles. The van der Waals surface area contributed by atoms with Gasteiger partial charge in [-0.05, 0) is 49.0 Å². The molecule has 3 N–H and O–H groups in total. The number of allylic oxidation sites excluding steroid dienone is 2. The second kappa shape index (κ2) is 9.22. The topological polar surface area (TPSA) is 100 Å². The third kappa shape index (κ3) is 3.86. The lowest BCUT2D eigenvalue weighted by Gasteiger charge is -2.15. The van der Waals surface area contributed by atoms with Crippen LogP contribution < -0.4 is 15.6 Å². The van der Waals surface area contributed by atoms with Crippen molar-refractivity contribution >= 4 is 22.9 Å². The molecule has 0 amide bonds. The van der Waals surface area contributed by atoms with Gasteiger partial charge in [0.05, 0.1) is 18.9 Å². The Morgan fingerprint density at radius 1 is 0.972 bits per heavy atom. The van der Waals surface area contributed by atoms with Crippen molar-refractivity contribution in [2.75, 3.05) is 12.4 Å². The minimum Gasteiger partial charge on any atom is -0.497 e. The predicted octanol–water partition coefficient (Wildman–Crippen LogP) is 5.79. The Morgan fingerprint density at radius 2 is 1.81 bits per heavy atom. The molecule has 0 unspecified atom stereocenters. The summed E-state index contributed by atoms with van der Waals surface area (Å²) in [6.45, 7) is 0. The first kappa shape index (κ1) is 21.9. The van der Waals surface area contributed by atoms with Gasteiger partial charge in [-0.3, -0.25) is 9.89 Å². The SMILES string of the molecule is COc1ccc(-c2c(Nc3ccn[nH]3)[nH]c3c(C4=CCCCC4)c(-c4ccccc4)nn3c2=O)cc1. The number of H-pyrrole nitrogens is 2. The Hall–Kier alpha value is -4.59. The standard InChI is InChI=1S/C28H26N6O2/c1-36-21-14-12-19(13-15-21)24-26(30-22-16-17-29-32-22)31-27-23(18-8-4-2-5-9-18)25(33-34(27)28(24)35)20-10-6-3-7-11-20/h3,6-8,10-17,31H,2,4-5,9H2,1H3,(H2,29,30,32). The number of benzene rings is 2. The Bertz CT molecular complexity index is 1600. The first-order valence-corrected chi connectivity index (χ1v) is 12.1. The molecular weight excluding hydrogens is 452 g/mol. The lowest BCUT2D eigenvalue weighted by Crippen LogP contribution is -2.20. The summed E-state index contributed by atoms with van der Waals surface area (Å²) in [5, 5.41) is 15.2. The molecule has 8 nitrogen and oxygen atoms in total. The monoisotopic (exact) mass is 478 g/mol. The van der Waals surface area contributed by atoms with Gasteiger partial charge in [0.15, 0.2) is 0 Å². The van der Waals surface area contributed by atoms with Crippen LogP contribution in [-0.4, -0.2) is 31.9 Å². The van der Waals surface area contributed by atoms with E-state index < -0.39 is 0 Å². The zero-order valence-electron chi connectivity index (χ0n) is 19.9. The number of hydrogen-bond acceptors (Lipinski definition) is 5. The molecule has 1 aliphatic rings. The number of nitrogens with zero attached hydrogens (tertiary/aromatic N) is 3. The van der Waals surface area contributed by atoms with E-state index in [0.717, 1.165) is 47.4 Å². The van der Waals surface area contributed by atoms with Crippen LogP contribution >= 0.6 is 0 Å². The summed E-state index contributed by atoms with van der Waals surface area (Å²) in [7, 11) is 1.62. The highest BCUT2D eigenvalue weighted by Crippen LogP contribution is 2.37. The zero-order chi connectivity index (χ0) is 24.5. The molecule has 0 aliphatic heterocycles. The number of fused-ring (bicyclic) bond motifs is 1. The maximum absolute atomic E-state index is 14.1. The number of aromatic amines is 2. The van der Waals surface area contributed by atoms with Crippen LogP contribution in [0.3, 0.4) is 0 Å². The van der Waals surface area contributed by atoms with Gasteiger partial charge < -0.3 is 15.0 Å². The smallest absolute Gasteiger partial charge is 0.284 e. The van der Waals surface area contributed by atoms with Crippen LogP contribution in [-0.2, 0) is 0 Å². The predicted molar refractivity (Wildman–Crippen MR) is 142 cm³/mol. The molecule has 6 rings (SSSR count). The normalized spacial score (nSPS) is 13.5. The number of ether oxygens (including phenoxy) is 1. The highest BCUT2D eigenvalue weighted by atomic mass is 16.5. The molecule has 8 heteroatoms. The van der Waals surface area contributed by atoms with Crippen molar-refractivity contribution in [3.63, 3.8) is 0 Å². The number of nitrogens with one attached hydrogen (secondary N) is 3. The average molecular weight is 479 g/mol. The van der Waals surface area contributed by atoms with Crippen molar-refractivity contribution < 1.29 is 4.74 Å². The molecule has 36 heavy (non-hydrogen) atoms. The Labute approximate surface area is 207 Å². The summed E-state index contributed by atoms with van der Waals surface area (Å²) in [4.78, 5) is 17.6. The number of hydrogen-bond donors (Lipinski definition) is 3. The highest BCUT2D eigenvalue weighted by molar-refractivity contribution is 5.89. The second-order valence-corrected chi connectivity index (χ2v) is 8.83. The van der Waals surface area contributed by atoms with Crippen molar-refractivity contribution in [1.29, 1.82) is 0 Å². The lowest BCUT2D eigenvalue weighted by atomic mass is 9.92.